The van der Waals surface area contributed by atoms with Crippen LogP contribution in [0.3, 0.4) is 0 Å². The van der Waals surface area contributed by atoms with Gasteiger partial charge < -0.3 is 4.48 Å². The number of nitrogens with zero attached hydrogens (tertiary/aromatic N) is 1. The average Bonchev–Trinajstić information content (AvgIpc) is 2.18. The monoisotopic (exact) mass is 188 g/mol. The van der Waals surface area contributed by atoms with Crippen molar-refractivity contribution in [3.05, 3.63) is 48.0 Å². The minimum Gasteiger partial charge on any atom is -0.319 e. The fraction of sp³-hybridized carbons (Fsp3) is 0.385. The summed E-state index contributed by atoms with van der Waals surface area (Å²) in [7, 11) is 4.61. The summed E-state index contributed by atoms with van der Waals surface area (Å²) >= 11 is 0. The number of likely N-dealkylation sites (N-methyl/N-ethyl adjacent to an activating group) is 1. The molecule has 1 heteroatoms. The molecule has 0 saturated carbocycles. The van der Waals surface area contributed by atoms with Crippen molar-refractivity contribution in [3.63, 3.8) is 0 Å². The molecule has 1 atom stereocenters. The van der Waals surface area contributed by atoms with Crippen LogP contribution in [0.2, 0.25) is 0 Å². The molecule has 0 fully saturated rings. The maximum atomic E-state index is 2.31. The van der Waals surface area contributed by atoms with Gasteiger partial charge in [-0.1, -0.05) is 36.4 Å². The first-order valence-corrected chi connectivity index (χ1v) is 5.23. The van der Waals surface area contributed by atoms with Crippen LogP contribution in [0.15, 0.2) is 42.5 Å². The highest BCUT2D eigenvalue weighted by Gasteiger charge is 2.29. The summed E-state index contributed by atoms with van der Waals surface area (Å²) < 4.78 is 1.07. The SMILES string of the molecule is C[N+]1(C)CC=CC[C@@H]1c1ccccc1. The van der Waals surface area contributed by atoms with Gasteiger partial charge >= 0.3 is 0 Å². The van der Waals surface area contributed by atoms with Crippen molar-refractivity contribution in [2.24, 2.45) is 0 Å². The molecule has 1 aromatic rings. The zero-order valence-electron chi connectivity index (χ0n) is 8.98. The molecule has 1 aromatic carbocycles. The van der Waals surface area contributed by atoms with Gasteiger partial charge in [0.2, 0.25) is 0 Å². The highest BCUT2D eigenvalue weighted by Crippen LogP contribution is 2.31. The third kappa shape index (κ3) is 1.73. The Hall–Kier alpha value is -1.08. The lowest BCUT2D eigenvalue weighted by Gasteiger charge is -2.39. The molecule has 0 aliphatic carbocycles. The van der Waals surface area contributed by atoms with Crippen LogP contribution in [0.5, 0.6) is 0 Å². The number of benzene rings is 1. The summed E-state index contributed by atoms with van der Waals surface area (Å²) in [6, 6.07) is 11.5. The molecular weight excluding hydrogens is 170 g/mol. The Morgan fingerprint density at radius 2 is 1.79 bits per heavy atom. The Balaban J connectivity index is 2.30. The van der Waals surface area contributed by atoms with E-state index in [1.165, 1.54) is 5.56 Å². The van der Waals surface area contributed by atoms with Crippen molar-refractivity contribution in [2.45, 2.75) is 12.5 Å². The normalized spacial score (nSPS) is 24.9. The van der Waals surface area contributed by atoms with Gasteiger partial charge in [0, 0.05) is 12.0 Å². The van der Waals surface area contributed by atoms with Crippen molar-refractivity contribution >= 4 is 0 Å². The number of quaternary nitrogens is 1. The van der Waals surface area contributed by atoms with Crippen LogP contribution < -0.4 is 0 Å². The first kappa shape index (κ1) is 9.47. The molecule has 2 rings (SSSR count). The van der Waals surface area contributed by atoms with Crippen LogP contribution in [0.1, 0.15) is 18.0 Å². The Bertz CT molecular complexity index is 324. The van der Waals surface area contributed by atoms with Gasteiger partial charge in [-0.15, -0.1) is 0 Å². The van der Waals surface area contributed by atoms with Gasteiger partial charge in [0.15, 0.2) is 0 Å². The Morgan fingerprint density at radius 1 is 1.07 bits per heavy atom. The highest BCUT2D eigenvalue weighted by atomic mass is 15.3. The largest absolute Gasteiger partial charge is 0.319 e. The van der Waals surface area contributed by atoms with Crippen LogP contribution >= 0.6 is 0 Å². The fourth-order valence-corrected chi connectivity index (χ4v) is 2.20. The van der Waals surface area contributed by atoms with E-state index in [4.69, 9.17) is 0 Å². The maximum Gasteiger partial charge on any atom is 0.118 e. The summed E-state index contributed by atoms with van der Waals surface area (Å²) in [4.78, 5) is 0. The van der Waals surface area contributed by atoms with Gasteiger partial charge in [-0.25, -0.2) is 0 Å². The molecule has 0 saturated heterocycles. The van der Waals surface area contributed by atoms with E-state index < -0.39 is 0 Å². The van der Waals surface area contributed by atoms with Gasteiger partial charge in [0.25, 0.3) is 0 Å². The van der Waals surface area contributed by atoms with Crippen LogP contribution in [0, 0.1) is 0 Å². The second-order valence-electron chi connectivity index (χ2n) is 4.59. The predicted molar refractivity (Wildman–Crippen MR) is 59.9 cm³/mol. The second-order valence-corrected chi connectivity index (χ2v) is 4.59. The van der Waals surface area contributed by atoms with Crippen molar-refractivity contribution < 1.29 is 4.48 Å². The molecule has 0 bridgehead atoms. The van der Waals surface area contributed by atoms with E-state index >= 15 is 0 Å². The summed E-state index contributed by atoms with van der Waals surface area (Å²) in [5.74, 6) is 0. The molecular formula is C13H18N+. The van der Waals surface area contributed by atoms with E-state index in [-0.39, 0.29) is 0 Å². The van der Waals surface area contributed by atoms with E-state index in [9.17, 15) is 0 Å². The lowest BCUT2D eigenvalue weighted by atomic mass is 9.97. The molecule has 0 radical (unpaired) electrons. The van der Waals surface area contributed by atoms with E-state index in [1.807, 2.05) is 0 Å². The van der Waals surface area contributed by atoms with Gasteiger partial charge in [-0.2, -0.15) is 0 Å². The van der Waals surface area contributed by atoms with Gasteiger partial charge in [-0.05, 0) is 6.08 Å². The molecule has 0 unspecified atom stereocenters. The Morgan fingerprint density at radius 3 is 2.43 bits per heavy atom. The number of rotatable bonds is 1. The molecule has 0 N–H and O–H groups in total. The zero-order valence-corrected chi connectivity index (χ0v) is 8.98. The topological polar surface area (TPSA) is 0 Å². The van der Waals surface area contributed by atoms with Crippen molar-refractivity contribution in [1.29, 1.82) is 0 Å². The lowest BCUT2D eigenvalue weighted by Crippen LogP contribution is -2.44. The van der Waals surface area contributed by atoms with Crippen molar-refractivity contribution in [3.8, 4) is 0 Å². The third-order valence-corrected chi connectivity index (χ3v) is 3.13. The minimum atomic E-state index is 0.626. The van der Waals surface area contributed by atoms with Crippen LogP contribution in [0.25, 0.3) is 0 Å². The highest BCUT2D eigenvalue weighted by molar-refractivity contribution is 5.19. The number of hydrogen-bond donors (Lipinski definition) is 0. The third-order valence-electron chi connectivity index (χ3n) is 3.13. The Kier molecular flexibility index (Phi) is 2.42. The van der Waals surface area contributed by atoms with Crippen molar-refractivity contribution in [1.82, 2.24) is 0 Å². The molecule has 1 heterocycles. The quantitative estimate of drug-likeness (QED) is 0.469. The van der Waals surface area contributed by atoms with Gasteiger partial charge in [0.05, 0.1) is 20.6 Å². The first-order chi connectivity index (χ1) is 6.70. The summed E-state index contributed by atoms with van der Waals surface area (Å²) in [5, 5.41) is 0. The Labute approximate surface area is 86.3 Å². The minimum absolute atomic E-state index is 0.626. The van der Waals surface area contributed by atoms with Gasteiger partial charge in [0.1, 0.15) is 6.04 Å². The van der Waals surface area contributed by atoms with Crippen LogP contribution in [0.4, 0.5) is 0 Å². The summed E-state index contributed by atoms with van der Waals surface area (Å²) in [5.41, 5.74) is 1.46. The molecule has 0 aromatic heterocycles. The average molecular weight is 188 g/mol. The molecule has 0 amide bonds. The first-order valence-electron chi connectivity index (χ1n) is 5.23. The summed E-state index contributed by atoms with van der Waals surface area (Å²) in [6.45, 7) is 1.14. The second kappa shape index (κ2) is 3.58. The maximum absolute atomic E-state index is 2.31. The number of hydrogen-bond acceptors (Lipinski definition) is 0. The standard InChI is InChI=1S/C13H18N/c1-14(2)11-7-6-10-13(14)12-8-4-3-5-9-12/h3-9,13H,10-11H2,1-2H3/q+1/t13-/m1/s1. The van der Waals surface area contributed by atoms with Crippen molar-refractivity contribution in [2.75, 3.05) is 20.6 Å². The molecule has 14 heavy (non-hydrogen) atoms. The van der Waals surface area contributed by atoms with E-state index in [1.54, 1.807) is 0 Å². The molecule has 74 valence electrons. The molecule has 1 nitrogen and oxygen atoms in total. The fourth-order valence-electron chi connectivity index (χ4n) is 2.20. The molecule has 1 aliphatic rings. The van der Waals surface area contributed by atoms with E-state index in [0.29, 0.717) is 6.04 Å². The molecule has 0 spiro atoms. The van der Waals surface area contributed by atoms with Gasteiger partial charge in [-0.3, -0.25) is 0 Å². The van der Waals surface area contributed by atoms with Crippen LogP contribution in [-0.4, -0.2) is 25.1 Å². The van der Waals surface area contributed by atoms with E-state index in [2.05, 4.69) is 56.6 Å². The predicted octanol–water partition coefficient (Wildman–Crippen LogP) is 2.76. The molecule has 1 aliphatic heterocycles. The van der Waals surface area contributed by atoms with E-state index in [0.717, 1.165) is 17.4 Å². The smallest absolute Gasteiger partial charge is 0.118 e. The van der Waals surface area contributed by atoms with Crippen LogP contribution in [-0.2, 0) is 0 Å². The summed E-state index contributed by atoms with van der Waals surface area (Å²) in [6.07, 6.45) is 5.76. The zero-order chi connectivity index (χ0) is 10.0. The lowest BCUT2D eigenvalue weighted by molar-refractivity contribution is -0.917.